The van der Waals surface area contributed by atoms with Crippen molar-refractivity contribution in [2.75, 3.05) is 20.1 Å². The lowest BCUT2D eigenvalue weighted by atomic mass is 10.1. The predicted octanol–water partition coefficient (Wildman–Crippen LogP) is -2.10. The maximum Gasteiger partial charge on any atom is 0.309 e. The van der Waals surface area contributed by atoms with Crippen LogP contribution in [0.5, 0.6) is 0 Å². The molecule has 0 spiro atoms. The van der Waals surface area contributed by atoms with Crippen molar-refractivity contribution >= 4 is 11.8 Å². The molecule has 1 aliphatic heterocycles. The zero-order valence-electron chi connectivity index (χ0n) is 6.33. The average molecular weight is 157 g/mol. The lowest BCUT2D eigenvalue weighted by molar-refractivity contribution is -0.138. The van der Waals surface area contributed by atoms with E-state index < -0.39 is 11.8 Å². The Hall–Kier alpha value is -1.10. The van der Waals surface area contributed by atoms with Crippen LogP contribution in [-0.2, 0) is 9.59 Å². The number of primary amides is 1. The zero-order valence-corrected chi connectivity index (χ0v) is 6.33. The van der Waals surface area contributed by atoms with Crippen LogP contribution < -0.4 is 11.1 Å². The molecule has 0 aliphatic carbocycles. The molecule has 2 amide bonds. The first-order chi connectivity index (χ1) is 5.09. The van der Waals surface area contributed by atoms with Gasteiger partial charge in [-0.1, -0.05) is 0 Å². The molecule has 3 N–H and O–H groups in total. The van der Waals surface area contributed by atoms with Crippen molar-refractivity contribution in [2.24, 2.45) is 5.73 Å². The first-order valence-electron chi connectivity index (χ1n) is 3.38. The van der Waals surface area contributed by atoms with E-state index in [0.717, 1.165) is 13.1 Å². The topological polar surface area (TPSA) is 75.4 Å². The Labute approximate surface area is 64.5 Å². The van der Waals surface area contributed by atoms with Crippen LogP contribution in [0.1, 0.15) is 0 Å². The standard InChI is InChI=1S/C6H11N3O2/c1-9-2-4(3-9)8-6(11)5(7)10/h4H,2-3H2,1H3,(H2,7,10)(H,8,11). The van der Waals surface area contributed by atoms with Crippen LogP contribution >= 0.6 is 0 Å². The molecule has 11 heavy (non-hydrogen) atoms. The summed E-state index contributed by atoms with van der Waals surface area (Å²) in [5.74, 6) is -1.61. The zero-order chi connectivity index (χ0) is 8.43. The smallest absolute Gasteiger partial charge is 0.309 e. The van der Waals surface area contributed by atoms with Gasteiger partial charge < -0.3 is 16.0 Å². The van der Waals surface area contributed by atoms with E-state index in [4.69, 9.17) is 5.73 Å². The van der Waals surface area contributed by atoms with Crippen molar-refractivity contribution < 1.29 is 9.59 Å². The molecule has 1 fully saturated rings. The predicted molar refractivity (Wildman–Crippen MR) is 38.6 cm³/mol. The number of nitrogens with two attached hydrogens (primary N) is 1. The molecule has 62 valence electrons. The molecule has 0 aromatic carbocycles. The van der Waals surface area contributed by atoms with Gasteiger partial charge in [0.05, 0.1) is 6.04 Å². The third-order valence-corrected chi connectivity index (χ3v) is 1.62. The first kappa shape index (κ1) is 8.00. The van der Waals surface area contributed by atoms with Crippen molar-refractivity contribution in [1.29, 1.82) is 0 Å². The summed E-state index contributed by atoms with van der Waals surface area (Å²) in [5.41, 5.74) is 4.73. The van der Waals surface area contributed by atoms with Gasteiger partial charge in [0.25, 0.3) is 0 Å². The molecule has 1 heterocycles. The van der Waals surface area contributed by atoms with E-state index in [1.807, 2.05) is 11.9 Å². The Morgan fingerprint density at radius 1 is 1.55 bits per heavy atom. The van der Waals surface area contributed by atoms with Gasteiger partial charge in [0.2, 0.25) is 0 Å². The molecule has 0 radical (unpaired) electrons. The van der Waals surface area contributed by atoms with Crippen molar-refractivity contribution in [3.8, 4) is 0 Å². The summed E-state index contributed by atoms with van der Waals surface area (Å²) in [7, 11) is 1.94. The second kappa shape index (κ2) is 2.87. The molecule has 0 saturated carbocycles. The van der Waals surface area contributed by atoms with E-state index in [0.29, 0.717) is 0 Å². The molecule has 0 aromatic heterocycles. The summed E-state index contributed by atoms with van der Waals surface area (Å²) >= 11 is 0. The van der Waals surface area contributed by atoms with Crippen molar-refractivity contribution in [3.63, 3.8) is 0 Å². The molecule has 1 rings (SSSR count). The number of nitrogens with one attached hydrogen (secondary N) is 1. The van der Waals surface area contributed by atoms with E-state index in [1.54, 1.807) is 0 Å². The van der Waals surface area contributed by atoms with E-state index in [2.05, 4.69) is 5.32 Å². The summed E-state index contributed by atoms with van der Waals surface area (Å²) in [4.78, 5) is 22.9. The molecular weight excluding hydrogens is 146 g/mol. The third-order valence-electron chi connectivity index (χ3n) is 1.62. The highest BCUT2D eigenvalue weighted by molar-refractivity contribution is 6.34. The highest BCUT2D eigenvalue weighted by Gasteiger charge is 2.25. The third kappa shape index (κ3) is 1.91. The normalized spacial score (nSPS) is 19.0. The van der Waals surface area contributed by atoms with Crippen LogP contribution in [0.15, 0.2) is 0 Å². The fourth-order valence-electron chi connectivity index (χ4n) is 1.05. The molecule has 5 heteroatoms. The Balaban J connectivity index is 2.22. The number of nitrogens with zero attached hydrogens (tertiary/aromatic N) is 1. The highest BCUT2D eigenvalue weighted by Crippen LogP contribution is 2.02. The molecule has 0 aromatic rings. The van der Waals surface area contributed by atoms with E-state index in [9.17, 15) is 9.59 Å². The number of likely N-dealkylation sites (N-methyl/N-ethyl adjacent to an activating group) is 1. The highest BCUT2D eigenvalue weighted by atomic mass is 16.2. The number of likely N-dealkylation sites (tertiary alicyclic amines) is 1. The minimum Gasteiger partial charge on any atom is -0.361 e. The van der Waals surface area contributed by atoms with Gasteiger partial charge in [-0.15, -0.1) is 0 Å². The molecule has 5 nitrogen and oxygen atoms in total. The van der Waals surface area contributed by atoms with Gasteiger partial charge in [-0.25, -0.2) is 0 Å². The monoisotopic (exact) mass is 157 g/mol. The number of amides is 2. The number of hydrogen-bond donors (Lipinski definition) is 2. The van der Waals surface area contributed by atoms with Crippen molar-refractivity contribution in [2.45, 2.75) is 6.04 Å². The van der Waals surface area contributed by atoms with Crippen LogP contribution in [-0.4, -0.2) is 42.9 Å². The second-order valence-corrected chi connectivity index (χ2v) is 2.76. The minimum absolute atomic E-state index is 0.0972. The van der Waals surface area contributed by atoms with Gasteiger partial charge in [0.15, 0.2) is 0 Å². The molecular formula is C6H11N3O2. The van der Waals surface area contributed by atoms with E-state index >= 15 is 0 Å². The minimum atomic E-state index is -0.917. The Morgan fingerprint density at radius 2 is 2.09 bits per heavy atom. The first-order valence-corrected chi connectivity index (χ1v) is 3.38. The molecule has 1 aliphatic rings. The maximum absolute atomic E-state index is 10.6. The fraction of sp³-hybridized carbons (Fsp3) is 0.667. The summed E-state index contributed by atoms with van der Waals surface area (Å²) in [6, 6.07) is 0.0972. The van der Waals surface area contributed by atoms with Gasteiger partial charge in [0, 0.05) is 13.1 Å². The quantitative estimate of drug-likeness (QED) is 0.428. The van der Waals surface area contributed by atoms with E-state index in [1.165, 1.54) is 0 Å². The molecule has 0 atom stereocenters. The SMILES string of the molecule is CN1CC(NC(=O)C(N)=O)C1. The lowest BCUT2D eigenvalue weighted by Crippen LogP contribution is -2.59. The van der Waals surface area contributed by atoms with Crippen LogP contribution in [0.25, 0.3) is 0 Å². The van der Waals surface area contributed by atoms with Gasteiger partial charge in [-0.05, 0) is 7.05 Å². The lowest BCUT2D eigenvalue weighted by Gasteiger charge is -2.36. The van der Waals surface area contributed by atoms with Gasteiger partial charge in [-0.2, -0.15) is 0 Å². The Bertz CT molecular complexity index is 186. The molecule has 1 saturated heterocycles. The number of carbonyl (C=O) groups excluding carboxylic acids is 2. The van der Waals surface area contributed by atoms with Crippen LogP contribution in [0, 0.1) is 0 Å². The summed E-state index contributed by atoms with van der Waals surface area (Å²) in [5, 5.41) is 2.49. The second-order valence-electron chi connectivity index (χ2n) is 2.76. The number of rotatable bonds is 1. The molecule has 0 bridgehead atoms. The maximum atomic E-state index is 10.6. The summed E-state index contributed by atoms with van der Waals surface area (Å²) in [6.07, 6.45) is 0. The Kier molecular flexibility index (Phi) is 2.09. The molecule has 0 unspecified atom stereocenters. The van der Waals surface area contributed by atoms with Crippen LogP contribution in [0.4, 0.5) is 0 Å². The summed E-state index contributed by atoms with van der Waals surface area (Å²) in [6.45, 7) is 1.58. The van der Waals surface area contributed by atoms with Crippen LogP contribution in [0.2, 0.25) is 0 Å². The van der Waals surface area contributed by atoms with Gasteiger partial charge in [0.1, 0.15) is 0 Å². The number of carbonyl (C=O) groups is 2. The fourth-order valence-corrected chi connectivity index (χ4v) is 1.05. The summed E-state index contributed by atoms with van der Waals surface area (Å²) < 4.78 is 0. The van der Waals surface area contributed by atoms with Gasteiger partial charge in [-0.3, -0.25) is 9.59 Å². The largest absolute Gasteiger partial charge is 0.361 e. The van der Waals surface area contributed by atoms with Gasteiger partial charge >= 0.3 is 11.8 Å². The number of hydrogen-bond acceptors (Lipinski definition) is 3. The van der Waals surface area contributed by atoms with Crippen LogP contribution in [0.3, 0.4) is 0 Å². The van der Waals surface area contributed by atoms with Crippen molar-refractivity contribution in [1.82, 2.24) is 10.2 Å². The van der Waals surface area contributed by atoms with E-state index in [-0.39, 0.29) is 6.04 Å². The van der Waals surface area contributed by atoms with Crippen molar-refractivity contribution in [3.05, 3.63) is 0 Å². The average Bonchev–Trinajstić information content (AvgIpc) is 1.84. The Morgan fingerprint density at radius 3 is 2.45 bits per heavy atom.